The molecule has 0 saturated heterocycles. The minimum Gasteiger partial charge on any atom is -0.353 e. The van der Waals surface area contributed by atoms with Crippen LogP contribution in [-0.4, -0.2) is 37.8 Å². The van der Waals surface area contributed by atoms with Crippen molar-refractivity contribution in [2.24, 2.45) is 0 Å². The van der Waals surface area contributed by atoms with Crippen LogP contribution >= 0.6 is 11.6 Å². The molecule has 0 radical (unpaired) electrons. The summed E-state index contributed by atoms with van der Waals surface area (Å²) in [5, 5.41) is 3.01. The molecule has 1 aromatic rings. The van der Waals surface area contributed by atoms with Crippen LogP contribution in [0.4, 0.5) is 0 Å². The maximum absolute atomic E-state index is 12.4. The summed E-state index contributed by atoms with van der Waals surface area (Å²) in [5.74, 6) is -0.326. The fourth-order valence-electron chi connectivity index (χ4n) is 1.67. The fourth-order valence-corrected chi connectivity index (χ4v) is 3.38. The topological polar surface area (TPSA) is 66.5 Å². The second-order valence-electron chi connectivity index (χ2n) is 4.61. The van der Waals surface area contributed by atoms with Crippen LogP contribution < -0.4 is 5.32 Å². The van der Waals surface area contributed by atoms with Gasteiger partial charge >= 0.3 is 0 Å². The molecule has 0 aliphatic heterocycles. The van der Waals surface area contributed by atoms with E-state index in [-0.39, 0.29) is 29.9 Å². The summed E-state index contributed by atoms with van der Waals surface area (Å²) in [4.78, 5) is 11.8. The lowest BCUT2D eigenvalue weighted by atomic mass is 10.4. The third-order valence-corrected chi connectivity index (χ3v) is 4.71. The van der Waals surface area contributed by atoms with Gasteiger partial charge in [-0.25, -0.2) is 8.42 Å². The number of sulfonamides is 1. The predicted octanol–water partition coefficient (Wildman–Crippen LogP) is 1.88. The van der Waals surface area contributed by atoms with Crippen molar-refractivity contribution in [3.8, 4) is 0 Å². The largest absolute Gasteiger partial charge is 0.353 e. The van der Waals surface area contributed by atoms with Gasteiger partial charge in [0.1, 0.15) is 0 Å². The van der Waals surface area contributed by atoms with Gasteiger partial charge in [0.05, 0.1) is 11.4 Å². The summed E-state index contributed by atoms with van der Waals surface area (Å²) < 4.78 is 26.0. The number of nitrogens with one attached hydrogen (secondary N) is 1. The Hall–Kier alpha value is -1.11. The number of hydrogen-bond acceptors (Lipinski definition) is 3. The van der Waals surface area contributed by atoms with Gasteiger partial charge in [0.25, 0.3) is 0 Å². The SMILES string of the molecule is CCN(CC(=O)NC(C)C)S(=O)(=O)c1cccc(Cl)c1. The zero-order valence-electron chi connectivity index (χ0n) is 11.8. The maximum atomic E-state index is 12.4. The van der Waals surface area contributed by atoms with Gasteiger partial charge in [0, 0.05) is 17.6 Å². The highest BCUT2D eigenvalue weighted by molar-refractivity contribution is 7.89. The number of carbonyl (C=O) groups is 1. The van der Waals surface area contributed by atoms with Crippen LogP contribution in [0.15, 0.2) is 29.2 Å². The van der Waals surface area contributed by atoms with Gasteiger partial charge in [0.2, 0.25) is 15.9 Å². The van der Waals surface area contributed by atoms with Gasteiger partial charge in [-0.1, -0.05) is 24.6 Å². The highest BCUT2D eigenvalue weighted by Crippen LogP contribution is 2.19. The monoisotopic (exact) mass is 318 g/mol. The number of likely N-dealkylation sites (N-methyl/N-ethyl adjacent to an activating group) is 1. The minimum atomic E-state index is -3.72. The van der Waals surface area contributed by atoms with Crippen LogP contribution in [0.2, 0.25) is 5.02 Å². The lowest BCUT2D eigenvalue weighted by molar-refractivity contribution is -0.121. The van der Waals surface area contributed by atoms with Crippen LogP contribution in [0.1, 0.15) is 20.8 Å². The van der Waals surface area contributed by atoms with Crippen molar-refractivity contribution < 1.29 is 13.2 Å². The number of benzene rings is 1. The first-order chi connectivity index (χ1) is 9.27. The molecule has 0 atom stereocenters. The zero-order valence-corrected chi connectivity index (χ0v) is 13.3. The zero-order chi connectivity index (χ0) is 15.3. The first-order valence-electron chi connectivity index (χ1n) is 6.32. The Balaban J connectivity index is 2.96. The quantitative estimate of drug-likeness (QED) is 0.871. The molecule has 7 heteroatoms. The number of hydrogen-bond donors (Lipinski definition) is 1. The van der Waals surface area contributed by atoms with Crippen molar-refractivity contribution in [3.05, 3.63) is 29.3 Å². The van der Waals surface area contributed by atoms with Gasteiger partial charge in [-0.2, -0.15) is 4.31 Å². The van der Waals surface area contributed by atoms with E-state index in [0.29, 0.717) is 5.02 Å². The van der Waals surface area contributed by atoms with E-state index in [2.05, 4.69) is 5.32 Å². The predicted molar refractivity (Wildman–Crippen MR) is 79.2 cm³/mol. The van der Waals surface area contributed by atoms with Crippen molar-refractivity contribution in [2.45, 2.75) is 31.7 Å². The molecule has 1 rings (SSSR count). The van der Waals surface area contributed by atoms with E-state index < -0.39 is 10.0 Å². The van der Waals surface area contributed by atoms with E-state index in [0.717, 1.165) is 4.31 Å². The summed E-state index contributed by atoms with van der Waals surface area (Å²) in [6.07, 6.45) is 0. The summed E-state index contributed by atoms with van der Waals surface area (Å²) in [5.41, 5.74) is 0. The van der Waals surface area contributed by atoms with Crippen molar-refractivity contribution >= 4 is 27.5 Å². The van der Waals surface area contributed by atoms with Crippen molar-refractivity contribution in [1.82, 2.24) is 9.62 Å². The molecule has 1 N–H and O–H groups in total. The normalized spacial score (nSPS) is 11.9. The Morgan fingerprint density at radius 3 is 2.55 bits per heavy atom. The van der Waals surface area contributed by atoms with Gasteiger partial charge in [-0.15, -0.1) is 0 Å². The van der Waals surface area contributed by atoms with Gasteiger partial charge in [-0.3, -0.25) is 4.79 Å². The molecule has 1 amide bonds. The summed E-state index contributed by atoms with van der Waals surface area (Å²) >= 11 is 5.81. The maximum Gasteiger partial charge on any atom is 0.243 e. The van der Waals surface area contributed by atoms with E-state index in [9.17, 15) is 13.2 Å². The molecule has 20 heavy (non-hydrogen) atoms. The van der Waals surface area contributed by atoms with Gasteiger partial charge in [0.15, 0.2) is 0 Å². The summed E-state index contributed by atoms with van der Waals surface area (Å²) in [6.45, 7) is 5.33. The van der Waals surface area contributed by atoms with E-state index in [1.54, 1.807) is 19.1 Å². The lowest BCUT2D eigenvalue weighted by Gasteiger charge is -2.20. The molecule has 0 fully saturated rings. The molecule has 0 bridgehead atoms. The van der Waals surface area contributed by atoms with Crippen LogP contribution in [0, 0.1) is 0 Å². The number of carbonyl (C=O) groups excluding carboxylic acids is 1. The third-order valence-electron chi connectivity index (χ3n) is 2.56. The fraction of sp³-hybridized carbons (Fsp3) is 0.462. The summed E-state index contributed by atoms with van der Waals surface area (Å²) in [6, 6.07) is 5.97. The molecule has 0 aliphatic rings. The Labute approximate surface area is 125 Å². The number of nitrogens with zero attached hydrogens (tertiary/aromatic N) is 1. The van der Waals surface area contributed by atoms with Gasteiger partial charge < -0.3 is 5.32 Å². The first-order valence-corrected chi connectivity index (χ1v) is 8.14. The molecular formula is C13H19ClN2O3S. The third kappa shape index (κ3) is 4.47. The van der Waals surface area contributed by atoms with Gasteiger partial charge in [-0.05, 0) is 32.0 Å². The van der Waals surface area contributed by atoms with E-state index in [1.165, 1.54) is 12.1 Å². The second-order valence-corrected chi connectivity index (χ2v) is 6.99. The van der Waals surface area contributed by atoms with Crippen LogP contribution in [0.3, 0.4) is 0 Å². The highest BCUT2D eigenvalue weighted by atomic mass is 35.5. The van der Waals surface area contributed by atoms with Crippen molar-refractivity contribution in [1.29, 1.82) is 0 Å². The summed E-state index contributed by atoms with van der Waals surface area (Å²) in [7, 11) is -3.72. The average Bonchev–Trinajstić information content (AvgIpc) is 2.34. The first kappa shape index (κ1) is 16.9. The lowest BCUT2D eigenvalue weighted by Crippen LogP contribution is -2.42. The van der Waals surface area contributed by atoms with Crippen LogP contribution in [0.25, 0.3) is 0 Å². The van der Waals surface area contributed by atoms with E-state index in [4.69, 9.17) is 11.6 Å². The Kier molecular flexibility index (Phi) is 5.98. The molecule has 5 nitrogen and oxygen atoms in total. The molecule has 0 spiro atoms. The standard InChI is InChI=1S/C13H19ClN2O3S/c1-4-16(9-13(17)15-10(2)3)20(18,19)12-7-5-6-11(14)8-12/h5-8,10H,4,9H2,1-3H3,(H,15,17). The Morgan fingerprint density at radius 2 is 2.05 bits per heavy atom. The van der Waals surface area contributed by atoms with Crippen LogP contribution in [-0.2, 0) is 14.8 Å². The smallest absolute Gasteiger partial charge is 0.243 e. The molecule has 0 aromatic heterocycles. The van der Waals surface area contributed by atoms with Crippen molar-refractivity contribution in [3.63, 3.8) is 0 Å². The Morgan fingerprint density at radius 1 is 1.40 bits per heavy atom. The molecule has 0 heterocycles. The molecular weight excluding hydrogens is 300 g/mol. The van der Waals surface area contributed by atoms with E-state index >= 15 is 0 Å². The molecule has 0 saturated carbocycles. The molecule has 1 aromatic carbocycles. The highest BCUT2D eigenvalue weighted by Gasteiger charge is 2.25. The number of amides is 1. The van der Waals surface area contributed by atoms with Crippen LogP contribution in [0.5, 0.6) is 0 Å². The molecule has 0 unspecified atom stereocenters. The van der Waals surface area contributed by atoms with E-state index in [1.807, 2.05) is 13.8 Å². The number of rotatable bonds is 6. The molecule has 112 valence electrons. The van der Waals surface area contributed by atoms with Crippen molar-refractivity contribution in [2.75, 3.05) is 13.1 Å². The number of halogens is 1. The molecule has 0 aliphatic carbocycles. The average molecular weight is 319 g/mol. The Bertz CT molecular complexity index is 573. The second kappa shape index (κ2) is 7.06. The minimum absolute atomic E-state index is 0.0323.